The number of hydrogen-bond donors (Lipinski definition) is 1. The lowest BCUT2D eigenvalue weighted by Crippen LogP contribution is -2.58. The van der Waals surface area contributed by atoms with Gasteiger partial charge in [-0.2, -0.15) is 0 Å². The number of allylic oxidation sites excluding steroid dienone is 1. The third-order valence-electron chi connectivity index (χ3n) is 5.52. The van der Waals surface area contributed by atoms with Crippen LogP contribution in [0.1, 0.15) is 36.0 Å². The van der Waals surface area contributed by atoms with Crippen LogP contribution in [0.3, 0.4) is 0 Å². The van der Waals surface area contributed by atoms with Crippen molar-refractivity contribution < 1.29 is 14.6 Å². The Hall–Kier alpha value is -2.09. The number of aryl methyl sites for hydroxylation is 1. The summed E-state index contributed by atoms with van der Waals surface area (Å²) in [7, 11) is 1.41. The fraction of sp³-hybridized carbons (Fsp3) is 0.500. The standard InChI is InChI=1S/C22H27NO3/c1-3-4-19-15-17(6-8-21(24)26-2)5-7-18(19)9-12-22(25)16-23-13-10-20(22)11-14-23/h3,5,7,15,20,25H,1,4,6,8,10-11,13-14,16H2,2H3. The molecule has 0 saturated carbocycles. The summed E-state index contributed by atoms with van der Waals surface area (Å²) in [5.41, 5.74) is 2.20. The number of rotatable bonds is 5. The maximum absolute atomic E-state index is 11.3. The van der Waals surface area contributed by atoms with Gasteiger partial charge in [-0.3, -0.25) is 9.69 Å². The molecule has 1 atom stereocenters. The molecule has 26 heavy (non-hydrogen) atoms. The van der Waals surface area contributed by atoms with E-state index in [1.165, 1.54) is 7.11 Å². The average Bonchev–Trinajstić information content (AvgIpc) is 2.66. The fourth-order valence-corrected chi connectivity index (χ4v) is 3.95. The Kier molecular flexibility index (Phi) is 5.80. The first-order valence-electron chi connectivity index (χ1n) is 9.31. The maximum atomic E-state index is 11.3. The molecule has 2 bridgehead atoms. The molecule has 3 saturated heterocycles. The second-order valence-electron chi connectivity index (χ2n) is 7.29. The topological polar surface area (TPSA) is 49.8 Å². The molecule has 1 aromatic carbocycles. The van der Waals surface area contributed by atoms with Crippen molar-refractivity contribution in [2.24, 2.45) is 5.92 Å². The van der Waals surface area contributed by atoms with E-state index in [0.29, 0.717) is 25.8 Å². The largest absolute Gasteiger partial charge is 0.469 e. The molecule has 1 aromatic rings. The predicted molar refractivity (Wildman–Crippen MR) is 102 cm³/mol. The molecule has 0 amide bonds. The zero-order valence-electron chi connectivity index (χ0n) is 15.5. The van der Waals surface area contributed by atoms with E-state index in [9.17, 15) is 9.90 Å². The van der Waals surface area contributed by atoms with Gasteiger partial charge in [0, 0.05) is 24.4 Å². The van der Waals surface area contributed by atoms with Crippen LogP contribution in [0.5, 0.6) is 0 Å². The van der Waals surface area contributed by atoms with E-state index >= 15 is 0 Å². The van der Waals surface area contributed by atoms with Crippen LogP contribution in [0.15, 0.2) is 30.9 Å². The minimum Gasteiger partial charge on any atom is -0.469 e. The number of piperidine rings is 3. The number of methoxy groups -OCH3 is 1. The number of benzene rings is 1. The lowest BCUT2D eigenvalue weighted by Gasteiger charge is -2.47. The Bertz CT molecular complexity index is 737. The van der Waals surface area contributed by atoms with Gasteiger partial charge in [0.25, 0.3) is 0 Å². The Morgan fingerprint density at radius 2 is 2.23 bits per heavy atom. The Morgan fingerprint density at radius 1 is 1.46 bits per heavy atom. The first kappa shape index (κ1) is 18.7. The minimum atomic E-state index is -0.897. The molecular formula is C22H27NO3. The van der Waals surface area contributed by atoms with Gasteiger partial charge in [0.2, 0.25) is 0 Å². The quantitative estimate of drug-likeness (QED) is 0.501. The monoisotopic (exact) mass is 353 g/mol. The van der Waals surface area contributed by atoms with Gasteiger partial charge in [0.1, 0.15) is 5.60 Å². The van der Waals surface area contributed by atoms with Gasteiger partial charge in [-0.25, -0.2) is 0 Å². The molecule has 3 aliphatic rings. The molecule has 0 aliphatic carbocycles. The highest BCUT2D eigenvalue weighted by molar-refractivity contribution is 5.69. The van der Waals surface area contributed by atoms with Gasteiger partial charge in [0.15, 0.2) is 0 Å². The average molecular weight is 353 g/mol. The summed E-state index contributed by atoms with van der Waals surface area (Å²) < 4.78 is 4.71. The Labute approximate surface area is 155 Å². The van der Waals surface area contributed by atoms with Crippen molar-refractivity contribution in [3.05, 3.63) is 47.5 Å². The summed E-state index contributed by atoms with van der Waals surface area (Å²) in [6, 6.07) is 6.07. The lowest BCUT2D eigenvalue weighted by molar-refractivity contribution is -0.140. The molecule has 4 rings (SSSR count). The predicted octanol–water partition coefficient (Wildman–Crippen LogP) is 2.33. The van der Waals surface area contributed by atoms with Crippen molar-refractivity contribution in [1.82, 2.24) is 4.90 Å². The second-order valence-corrected chi connectivity index (χ2v) is 7.29. The number of ether oxygens (including phenoxy) is 1. The molecule has 3 fully saturated rings. The maximum Gasteiger partial charge on any atom is 0.305 e. The summed E-state index contributed by atoms with van der Waals surface area (Å²) in [6.45, 7) is 6.63. The van der Waals surface area contributed by atoms with E-state index in [2.05, 4.69) is 29.4 Å². The Balaban J connectivity index is 1.79. The second kappa shape index (κ2) is 8.07. The van der Waals surface area contributed by atoms with E-state index in [4.69, 9.17) is 4.74 Å². The van der Waals surface area contributed by atoms with Crippen LogP contribution in [0.25, 0.3) is 0 Å². The highest BCUT2D eigenvalue weighted by Crippen LogP contribution is 2.35. The van der Waals surface area contributed by atoms with Crippen LogP contribution in [-0.4, -0.2) is 48.3 Å². The number of hydrogen-bond acceptors (Lipinski definition) is 4. The molecular weight excluding hydrogens is 326 g/mol. The van der Waals surface area contributed by atoms with Gasteiger partial charge >= 0.3 is 5.97 Å². The van der Waals surface area contributed by atoms with Gasteiger partial charge in [-0.1, -0.05) is 30.0 Å². The van der Waals surface area contributed by atoms with E-state index in [-0.39, 0.29) is 11.9 Å². The first-order valence-corrected chi connectivity index (χ1v) is 9.31. The van der Waals surface area contributed by atoms with E-state index in [0.717, 1.165) is 42.6 Å². The number of carbonyl (C=O) groups excluding carboxylic acids is 1. The third-order valence-corrected chi connectivity index (χ3v) is 5.52. The molecule has 4 heteroatoms. The summed E-state index contributed by atoms with van der Waals surface area (Å²) in [4.78, 5) is 13.6. The molecule has 0 radical (unpaired) electrons. The molecule has 4 nitrogen and oxygen atoms in total. The summed E-state index contributed by atoms with van der Waals surface area (Å²) >= 11 is 0. The van der Waals surface area contributed by atoms with Crippen LogP contribution in [0.4, 0.5) is 0 Å². The van der Waals surface area contributed by atoms with Crippen LogP contribution in [-0.2, 0) is 22.4 Å². The van der Waals surface area contributed by atoms with Crippen molar-refractivity contribution in [3.63, 3.8) is 0 Å². The summed E-state index contributed by atoms with van der Waals surface area (Å²) in [5, 5.41) is 11.0. The SMILES string of the molecule is C=CCc1cc(CCC(=O)OC)ccc1C#CC1(O)CN2CCC1CC2. The van der Waals surface area contributed by atoms with Crippen molar-refractivity contribution in [2.45, 2.75) is 37.7 Å². The number of esters is 1. The van der Waals surface area contributed by atoms with E-state index in [1.54, 1.807) is 0 Å². The molecule has 138 valence electrons. The third kappa shape index (κ3) is 4.17. The number of aliphatic hydroxyl groups is 1. The van der Waals surface area contributed by atoms with Crippen LogP contribution in [0, 0.1) is 17.8 Å². The fourth-order valence-electron chi connectivity index (χ4n) is 3.95. The highest BCUT2D eigenvalue weighted by Gasteiger charge is 2.44. The number of fused-ring (bicyclic) bond motifs is 3. The smallest absolute Gasteiger partial charge is 0.305 e. The number of nitrogens with zero attached hydrogens (tertiary/aromatic N) is 1. The van der Waals surface area contributed by atoms with E-state index in [1.807, 2.05) is 18.2 Å². The van der Waals surface area contributed by atoms with Crippen molar-refractivity contribution >= 4 is 5.97 Å². The molecule has 1 N–H and O–H groups in total. The van der Waals surface area contributed by atoms with Crippen LogP contribution >= 0.6 is 0 Å². The minimum absolute atomic E-state index is 0.205. The zero-order valence-corrected chi connectivity index (χ0v) is 15.5. The molecule has 3 heterocycles. The van der Waals surface area contributed by atoms with Crippen molar-refractivity contribution in [3.8, 4) is 11.8 Å². The normalized spacial score (nSPS) is 26.7. The van der Waals surface area contributed by atoms with Crippen LogP contribution < -0.4 is 0 Å². The van der Waals surface area contributed by atoms with Gasteiger partial charge < -0.3 is 9.84 Å². The number of carbonyl (C=O) groups is 1. The van der Waals surface area contributed by atoms with Crippen molar-refractivity contribution in [2.75, 3.05) is 26.7 Å². The summed E-state index contributed by atoms with van der Waals surface area (Å²) in [5.74, 6) is 6.48. The molecule has 3 aliphatic heterocycles. The van der Waals surface area contributed by atoms with Crippen LogP contribution in [0.2, 0.25) is 0 Å². The van der Waals surface area contributed by atoms with Gasteiger partial charge in [0.05, 0.1) is 7.11 Å². The summed E-state index contributed by atoms with van der Waals surface area (Å²) in [6.07, 6.45) is 5.63. The molecule has 1 unspecified atom stereocenters. The van der Waals surface area contributed by atoms with Crippen molar-refractivity contribution in [1.29, 1.82) is 0 Å². The lowest BCUT2D eigenvalue weighted by atomic mass is 9.75. The van der Waals surface area contributed by atoms with E-state index < -0.39 is 5.60 Å². The first-order chi connectivity index (χ1) is 12.5. The van der Waals surface area contributed by atoms with Gasteiger partial charge in [-0.15, -0.1) is 6.58 Å². The molecule has 0 aromatic heterocycles. The molecule has 0 spiro atoms. The van der Waals surface area contributed by atoms with Gasteiger partial charge in [-0.05, 0) is 56.0 Å². The zero-order chi connectivity index (χ0) is 18.6. The highest BCUT2D eigenvalue weighted by atomic mass is 16.5. The Morgan fingerprint density at radius 3 is 2.85 bits per heavy atom.